The van der Waals surface area contributed by atoms with Crippen molar-refractivity contribution in [1.82, 2.24) is 9.55 Å². The smallest absolute Gasteiger partial charge is 0.203 e. The second kappa shape index (κ2) is 6.73. The molecule has 2 rings (SSSR count). The average Bonchev–Trinajstić information content (AvgIpc) is 2.76. The predicted octanol–water partition coefficient (Wildman–Crippen LogP) is 3.21. The lowest BCUT2D eigenvalue weighted by atomic mass is 10.2. The van der Waals surface area contributed by atoms with E-state index < -0.39 is 0 Å². The molecule has 0 aliphatic rings. The molecule has 0 unspecified atom stereocenters. The molecule has 0 bridgehead atoms. The highest BCUT2D eigenvalue weighted by Gasteiger charge is 2.05. The summed E-state index contributed by atoms with van der Waals surface area (Å²) >= 11 is 3.43. The van der Waals surface area contributed by atoms with Crippen molar-refractivity contribution in [2.75, 3.05) is 19.0 Å². The maximum absolute atomic E-state index is 5.10. The van der Waals surface area contributed by atoms with E-state index in [-0.39, 0.29) is 0 Å². The highest BCUT2D eigenvalue weighted by Crippen LogP contribution is 2.13. The van der Waals surface area contributed by atoms with Gasteiger partial charge < -0.3 is 14.6 Å². The quantitative estimate of drug-likeness (QED) is 0.887. The van der Waals surface area contributed by atoms with Crippen LogP contribution in [-0.2, 0) is 17.8 Å². The highest BCUT2D eigenvalue weighted by molar-refractivity contribution is 9.10. The lowest BCUT2D eigenvalue weighted by Gasteiger charge is -2.09. The van der Waals surface area contributed by atoms with E-state index in [1.54, 1.807) is 7.11 Å². The molecule has 4 nitrogen and oxygen atoms in total. The van der Waals surface area contributed by atoms with E-state index in [9.17, 15) is 0 Å². The molecule has 0 saturated heterocycles. The Labute approximate surface area is 121 Å². The third-order valence-electron chi connectivity index (χ3n) is 2.80. The summed E-state index contributed by atoms with van der Waals surface area (Å²) in [5.74, 6) is 0.887. The van der Waals surface area contributed by atoms with Crippen molar-refractivity contribution in [1.29, 1.82) is 0 Å². The standard InChI is InChI=1S/C14H18BrN3O/c1-11-10-18(7-8-19-2)14(17-11)16-9-12-3-5-13(15)6-4-12/h3-6,10H,7-9H2,1-2H3,(H,16,17). The van der Waals surface area contributed by atoms with Crippen LogP contribution < -0.4 is 5.32 Å². The summed E-state index contributed by atoms with van der Waals surface area (Å²) in [7, 11) is 1.71. The third kappa shape index (κ3) is 4.08. The molecule has 1 aromatic carbocycles. The lowest BCUT2D eigenvalue weighted by molar-refractivity contribution is 0.187. The second-order valence-electron chi connectivity index (χ2n) is 4.37. The molecule has 0 fully saturated rings. The first kappa shape index (κ1) is 14.1. The molecule has 0 amide bonds. The van der Waals surface area contributed by atoms with Crippen LogP contribution in [-0.4, -0.2) is 23.3 Å². The van der Waals surface area contributed by atoms with Crippen LogP contribution in [0, 0.1) is 6.92 Å². The fraction of sp³-hybridized carbons (Fsp3) is 0.357. The lowest BCUT2D eigenvalue weighted by Crippen LogP contribution is -2.09. The zero-order valence-corrected chi connectivity index (χ0v) is 12.8. The number of anilines is 1. The monoisotopic (exact) mass is 323 g/mol. The summed E-state index contributed by atoms with van der Waals surface area (Å²) in [6.45, 7) is 4.24. The number of halogens is 1. The molecular formula is C14H18BrN3O. The number of hydrogen-bond donors (Lipinski definition) is 1. The molecule has 1 N–H and O–H groups in total. The van der Waals surface area contributed by atoms with Crippen LogP contribution in [0.2, 0.25) is 0 Å². The molecule has 5 heteroatoms. The first-order chi connectivity index (χ1) is 9.19. The Morgan fingerprint density at radius 1 is 1.32 bits per heavy atom. The average molecular weight is 324 g/mol. The van der Waals surface area contributed by atoms with Crippen LogP contribution in [0.3, 0.4) is 0 Å². The zero-order valence-electron chi connectivity index (χ0n) is 11.2. The highest BCUT2D eigenvalue weighted by atomic mass is 79.9. The molecule has 2 aromatic rings. The van der Waals surface area contributed by atoms with E-state index in [1.165, 1.54) is 5.56 Å². The largest absolute Gasteiger partial charge is 0.383 e. The van der Waals surface area contributed by atoms with Gasteiger partial charge in [-0.3, -0.25) is 0 Å². The maximum Gasteiger partial charge on any atom is 0.203 e. The topological polar surface area (TPSA) is 39.1 Å². The van der Waals surface area contributed by atoms with Crippen molar-refractivity contribution in [3.63, 3.8) is 0 Å². The molecule has 19 heavy (non-hydrogen) atoms. The van der Waals surface area contributed by atoms with Crippen molar-refractivity contribution in [2.45, 2.75) is 20.0 Å². The van der Waals surface area contributed by atoms with E-state index >= 15 is 0 Å². The van der Waals surface area contributed by atoms with Gasteiger partial charge in [-0.1, -0.05) is 28.1 Å². The van der Waals surface area contributed by atoms with Crippen molar-refractivity contribution < 1.29 is 4.74 Å². The molecule has 1 heterocycles. The summed E-state index contributed by atoms with van der Waals surface area (Å²) in [5, 5.41) is 3.36. The summed E-state index contributed by atoms with van der Waals surface area (Å²) in [5.41, 5.74) is 2.23. The Bertz CT molecular complexity index is 522. The minimum absolute atomic E-state index is 0.683. The van der Waals surface area contributed by atoms with Gasteiger partial charge in [0.15, 0.2) is 0 Å². The number of aryl methyl sites for hydroxylation is 1. The molecule has 0 saturated carbocycles. The van der Waals surface area contributed by atoms with E-state index in [1.807, 2.05) is 25.3 Å². The fourth-order valence-corrected chi connectivity index (χ4v) is 2.10. The van der Waals surface area contributed by atoms with Crippen LogP contribution in [0.1, 0.15) is 11.3 Å². The number of imidazole rings is 1. The molecule has 0 atom stereocenters. The van der Waals surface area contributed by atoms with Crippen LogP contribution in [0.4, 0.5) is 5.95 Å². The number of aromatic nitrogens is 2. The zero-order chi connectivity index (χ0) is 13.7. The van der Waals surface area contributed by atoms with Gasteiger partial charge in [0.1, 0.15) is 0 Å². The fourth-order valence-electron chi connectivity index (χ4n) is 1.83. The van der Waals surface area contributed by atoms with Gasteiger partial charge in [-0.05, 0) is 24.6 Å². The van der Waals surface area contributed by atoms with E-state index in [0.717, 1.165) is 29.2 Å². The molecule has 102 valence electrons. The third-order valence-corrected chi connectivity index (χ3v) is 3.33. The Balaban J connectivity index is 2.00. The van der Waals surface area contributed by atoms with Crippen LogP contribution >= 0.6 is 15.9 Å². The van der Waals surface area contributed by atoms with E-state index in [4.69, 9.17) is 4.74 Å². The SMILES string of the molecule is COCCn1cc(C)nc1NCc1ccc(Br)cc1. The predicted molar refractivity (Wildman–Crippen MR) is 80.3 cm³/mol. The van der Waals surface area contributed by atoms with Crippen molar-refractivity contribution in [3.05, 3.63) is 46.2 Å². The Morgan fingerprint density at radius 2 is 2.05 bits per heavy atom. The minimum atomic E-state index is 0.683. The van der Waals surface area contributed by atoms with Gasteiger partial charge in [-0.25, -0.2) is 4.98 Å². The molecule has 0 aliphatic carbocycles. The number of benzene rings is 1. The minimum Gasteiger partial charge on any atom is -0.383 e. The Kier molecular flexibility index (Phi) is 4.99. The van der Waals surface area contributed by atoms with Crippen LogP contribution in [0.5, 0.6) is 0 Å². The number of hydrogen-bond acceptors (Lipinski definition) is 3. The van der Waals surface area contributed by atoms with Crippen LogP contribution in [0.25, 0.3) is 0 Å². The second-order valence-corrected chi connectivity index (χ2v) is 5.29. The summed E-state index contributed by atoms with van der Waals surface area (Å²) in [6.07, 6.45) is 2.03. The normalized spacial score (nSPS) is 10.7. The summed E-state index contributed by atoms with van der Waals surface area (Å²) in [4.78, 5) is 4.48. The Hall–Kier alpha value is -1.33. The molecule has 0 aliphatic heterocycles. The number of nitrogens with zero attached hydrogens (tertiary/aromatic N) is 2. The van der Waals surface area contributed by atoms with Gasteiger partial charge in [-0.2, -0.15) is 0 Å². The van der Waals surface area contributed by atoms with Gasteiger partial charge in [-0.15, -0.1) is 0 Å². The van der Waals surface area contributed by atoms with Gasteiger partial charge in [0.05, 0.1) is 12.3 Å². The van der Waals surface area contributed by atoms with E-state index in [0.29, 0.717) is 6.61 Å². The molecule has 0 spiro atoms. The molecular weight excluding hydrogens is 306 g/mol. The van der Waals surface area contributed by atoms with Crippen molar-refractivity contribution in [3.8, 4) is 0 Å². The van der Waals surface area contributed by atoms with Gasteiger partial charge in [0, 0.05) is 30.9 Å². The number of nitrogens with one attached hydrogen (secondary N) is 1. The summed E-state index contributed by atoms with van der Waals surface area (Å²) < 4.78 is 8.28. The summed E-state index contributed by atoms with van der Waals surface area (Å²) in [6, 6.07) is 8.26. The van der Waals surface area contributed by atoms with E-state index in [2.05, 4.69) is 42.9 Å². The molecule has 1 aromatic heterocycles. The Morgan fingerprint density at radius 3 is 2.74 bits per heavy atom. The van der Waals surface area contributed by atoms with Crippen LogP contribution in [0.15, 0.2) is 34.9 Å². The number of methoxy groups -OCH3 is 1. The van der Waals surface area contributed by atoms with Gasteiger partial charge in [0.2, 0.25) is 5.95 Å². The van der Waals surface area contributed by atoms with Crippen molar-refractivity contribution in [2.24, 2.45) is 0 Å². The number of ether oxygens (including phenoxy) is 1. The molecule has 0 radical (unpaired) electrons. The van der Waals surface area contributed by atoms with Gasteiger partial charge >= 0.3 is 0 Å². The number of rotatable bonds is 6. The van der Waals surface area contributed by atoms with Crippen molar-refractivity contribution >= 4 is 21.9 Å². The first-order valence-corrected chi connectivity index (χ1v) is 6.99. The first-order valence-electron chi connectivity index (χ1n) is 6.20. The maximum atomic E-state index is 5.10. The van der Waals surface area contributed by atoms with Gasteiger partial charge in [0.25, 0.3) is 0 Å².